The normalized spacial score (nSPS) is 24.0. The second-order valence-corrected chi connectivity index (χ2v) is 4.04. The number of anilines is 2. The number of aliphatic hydroxyl groups excluding tert-OH is 2. The summed E-state index contributed by atoms with van der Waals surface area (Å²) in [6.45, 7) is 0.534. The zero-order valence-corrected chi connectivity index (χ0v) is 8.98. The van der Waals surface area contributed by atoms with E-state index in [1.165, 1.54) is 18.2 Å². The van der Waals surface area contributed by atoms with Crippen LogP contribution in [0.1, 0.15) is 0 Å². The summed E-state index contributed by atoms with van der Waals surface area (Å²) in [6.07, 6.45) is -1.63. The summed E-state index contributed by atoms with van der Waals surface area (Å²) in [5, 5.41) is 29.4. The quantitative estimate of drug-likeness (QED) is 0.371. The van der Waals surface area contributed by atoms with Crippen LogP contribution in [0.15, 0.2) is 18.2 Å². The van der Waals surface area contributed by atoms with Crippen LogP contribution in [0, 0.1) is 10.1 Å². The molecule has 0 saturated carbocycles. The lowest BCUT2D eigenvalue weighted by molar-refractivity contribution is -0.384. The van der Waals surface area contributed by atoms with Crippen LogP contribution >= 0.6 is 0 Å². The molecular weight excluding hydrogens is 226 g/mol. The molecule has 4 N–H and O–H groups in total. The van der Waals surface area contributed by atoms with Gasteiger partial charge in [-0.05, 0) is 6.07 Å². The zero-order valence-electron chi connectivity index (χ0n) is 8.98. The second kappa shape index (κ2) is 4.19. The number of aliphatic hydroxyl groups is 2. The van der Waals surface area contributed by atoms with E-state index in [0.29, 0.717) is 5.69 Å². The van der Waals surface area contributed by atoms with E-state index in [9.17, 15) is 20.3 Å². The predicted octanol–water partition coefficient (Wildman–Crippen LogP) is -0.281. The first kappa shape index (κ1) is 11.6. The summed E-state index contributed by atoms with van der Waals surface area (Å²) in [5.41, 5.74) is 6.50. The molecule has 1 aliphatic rings. The van der Waals surface area contributed by atoms with E-state index in [1.54, 1.807) is 4.90 Å². The zero-order chi connectivity index (χ0) is 12.6. The molecule has 1 aromatic carbocycles. The Bertz CT molecular complexity index is 441. The van der Waals surface area contributed by atoms with E-state index in [0.717, 1.165) is 0 Å². The number of rotatable bonds is 2. The summed E-state index contributed by atoms with van der Waals surface area (Å²) in [4.78, 5) is 11.7. The monoisotopic (exact) mass is 239 g/mol. The molecule has 0 radical (unpaired) electrons. The minimum Gasteiger partial charge on any atom is -0.397 e. The highest BCUT2D eigenvalue weighted by atomic mass is 16.6. The van der Waals surface area contributed by atoms with Crippen LogP contribution in [0.5, 0.6) is 0 Å². The highest BCUT2D eigenvalue weighted by Gasteiger charge is 2.30. The van der Waals surface area contributed by atoms with Crippen molar-refractivity contribution in [2.75, 3.05) is 23.7 Å². The fourth-order valence-corrected chi connectivity index (χ4v) is 1.91. The lowest BCUT2D eigenvalue weighted by Crippen LogP contribution is -2.22. The smallest absolute Gasteiger partial charge is 0.271 e. The fourth-order valence-electron chi connectivity index (χ4n) is 1.91. The molecule has 1 saturated heterocycles. The van der Waals surface area contributed by atoms with Gasteiger partial charge in [-0.1, -0.05) is 0 Å². The molecule has 1 aliphatic heterocycles. The van der Waals surface area contributed by atoms with Crippen molar-refractivity contribution in [2.45, 2.75) is 12.2 Å². The molecule has 2 rings (SSSR count). The number of benzene rings is 1. The number of β-amino-alcohol motifs (C(OH)–C–C–N with tert-alkyl or cyclic N) is 2. The Morgan fingerprint density at radius 2 is 1.94 bits per heavy atom. The van der Waals surface area contributed by atoms with Gasteiger partial charge >= 0.3 is 0 Å². The van der Waals surface area contributed by atoms with Gasteiger partial charge in [0.15, 0.2) is 0 Å². The minimum atomic E-state index is -0.815. The lowest BCUT2D eigenvalue weighted by atomic mass is 10.2. The van der Waals surface area contributed by atoms with Crippen molar-refractivity contribution in [1.29, 1.82) is 0 Å². The molecule has 1 fully saturated rings. The Balaban J connectivity index is 2.26. The first-order valence-corrected chi connectivity index (χ1v) is 5.14. The SMILES string of the molecule is Nc1cc([N+](=O)[O-])ccc1N1CC(O)C(O)C1. The molecule has 0 aromatic heterocycles. The number of nitrogen functional groups attached to an aromatic ring is 1. The fraction of sp³-hybridized carbons (Fsp3) is 0.400. The van der Waals surface area contributed by atoms with E-state index in [2.05, 4.69) is 0 Å². The molecule has 7 heteroatoms. The van der Waals surface area contributed by atoms with Crippen LogP contribution in [0.25, 0.3) is 0 Å². The molecule has 2 unspecified atom stereocenters. The number of nitro benzene ring substituents is 1. The van der Waals surface area contributed by atoms with Gasteiger partial charge in [-0.15, -0.1) is 0 Å². The molecule has 0 amide bonds. The molecular formula is C10H13N3O4. The van der Waals surface area contributed by atoms with Gasteiger partial charge in [-0.3, -0.25) is 10.1 Å². The van der Waals surface area contributed by atoms with Crippen LogP contribution in [-0.2, 0) is 0 Å². The van der Waals surface area contributed by atoms with Gasteiger partial charge in [0.2, 0.25) is 0 Å². The van der Waals surface area contributed by atoms with Crippen molar-refractivity contribution in [1.82, 2.24) is 0 Å². The molecule has 0 spiro atoms. The van der Waals surface area contributed by atoms with Crippen molar-refractivity contribution in [2.24, 2.45) is 0 Å². The highest BCUT2D eigenvalue weighted by Crippen LogP contribution is 2.30. The van der Waals surface area contributed by atoms with E-state index < -0.39 is 17.1 Å². The van der Waals surface area contributed by atoms with E-state index in [1.807, 2.05) is 0 Å². The summed E-state index contributed by atoms with van der Waals surface area (Å²) in [6, 6.07) is 4.15. The molecule has 1 heterocycles. The lowest BCUT2D eigenvalue weighted by Gasteiger charge is -2.19. The number of nitrogens with zero attached hydrogens (tertiary/aromatic N) is 2. The molecule has 0 bridgehead atoms. The Morgan fingerprint density at radius 1 is 1.35 bits per heavy atom. The summed E-state index contributed by atoms with van der Waals surface area (Å²) in [5.74, 6) is 0. The van der Waals surface area contributed by atoms with E-state index in [4.69, 9.17) is 5.73 Å². The Labute approximate surface area is 97.2 Å². The molecule has 1 aromatic rings. The summed E-state index contributed by atoms with van der Waals surface area (Å²) in [7, 11) is 0. The van der Waals surface area contributed by atoms with Gasteiger partial charge in [-0.25, -0.2) is 0 Å². The predicted molar refractivity (Wildman–Crippen MR) is 61.7 cm³/mol. The maximum atomic E-state index is 10.5. The van der Waals surface area contributed by atoms with Gasteiger partial charge in [0, 0.05) is 25.2 Å². The minimum absolute atomic E-state index is 0.0773. The third-order valence-electron chi connectivity index (χ3n) is 2.82. The van der Waals surface area contributed by atoms with Gasteiger partial charge in [0.1, 0.15) is 0 Å². The van der Waals surface area contributed by atoms with Crippen LogP contribution in [-0.4, -0.2) is 40.4 Å². The van der Waals surface area contributed by atoms with Crippen LogP contribution < -0.4 is 10.6 Å². The first-order valence-electron chi connectivity index (χ1n) is 5.14. The number of nitro groups is 1. The molecule has 7 nitrogen and oxygen atoms in total. The molecule has 92 valence electrons. The van der Waals surface area contributed by atoms with Crippen LogP contribution in [0.4, 0.5) is 17.1 Å². The number of hydrogen-bond donors (Lipinski definition) is 3. The Hall–Kier alpha value is -1.86. The van der Waals surface area contributed by atoms with E-state index >= 15 is 0 Å². The third kappa shape index (κ3) is 2.15. The van der Waals surface area contributed by atoms with E-state index in [-0.39, 0.29) is 24.5 Å². The molecule has 0 aliphatic carbocycles. The van der Waals surface area contributed by atoms with Gasteiger partial charge in [0.05, 0.1) is 28.5 Å². The number of non-ortho nitro benzene ring substituents is 1. The first-order chi connectivity index (χ1) is 7.99. The average molecular weight is 239 g/mol. The number of hydrogen-bond acceptors (Lipinski definition) is 6. The van der Waals surface area contributed by atoms with Gasteiger partial charge in [-0.2, -0.15) is 0 Å². The third-order valence-corrected chi connectivity index (χ3v) is 2.82. The summed E-state index contributed by atoms with van der Waals surface area (Å²) < 4.78 is 0. The highest BCUT2D eigenvalue weighted by molar-refractivity contribution is 5.71. The van der Waals surface area contributed by atoms with Crippen molar-refractivity contribution < 1.29 is 15.1 Å². The largest absolute Gasteiger partial charge is 0.397 e. The Morgan fingerprint density at radius 3 is 2.41 bits per heavy atom. The molecule has 2 atom stereocenters. The number of nitrogens with two attached hydrogens (primary N) is 1. The maximum absolute atomic E-state index is 10.5. The van der Waals surface area contributed by atoms with Crippen LogP contribution in [0.2, 0.25) is 0 Å². The van der Waals surface area contributed by atoms with Gasteiger partial charge in [0.25, 0.3) is 5.69 Å². The second-order valence-electron chi connectivity index (χ2n) is 4.04. The standard InChI is InChI=1S/C10H13N3O4/c11-7-3-6(13(16)17)1-2-8(7)12-4-9(14)10(15)5-12/h1-3,9-10,14-15H,4-5,11H2. The topological polar surface area (TPSA) is 113 Å². The van der Waals surface area contributed by atoms with Crippen molar-refractivity contribution in [3.8, 4) is 0 Å². The molecule has 17 heavy (non-hydrogen) atoms. The van der Waals surface area contributed by atoms with Crippen molar-refractivity contribution in [3.63, 3.8) is 0 Å². The van der Waals surface area contributed by atoms with Crippen molar-refractivity contribution >= 4 is 17.1 Å². The Kier molecular flexibility index (Phi) is 2.86. The van der Waals surface area contributed by atoms with Gasteiger partial charge < -0.3 is 20.8 Å². The van der Waals surface area contributed by atoms with Crippen LogP contribution in [0.3, 0.4) is 0 Å². The maximum Gasteiger partial charge on any atom is 0.271 e. The summed E-state index contributed by atoms with van der Waals surface area (Å²) >= 11 is 0. The average Bonchev–Trinajstić information content (AvgIpc) is 2.58. The van der Waals surface area contributed by atoms with Crippen molar-refractivity contribution in [3.05, 3.63) is 28.3 Å².